The third-order valence-electron chi connectivity index (χ3n) is 5.11. The Morgan fingerprint density at radius 3 is 2.12 bits per heavy atom. The molecule has 2 amide bonds. The number of hydrogen-bond donors (Lipinski definition) is 2. The van der Waals surface area contributed by atoms with Crippen molar-refractivity contribution in [2.45, 2.75) is 13.8 Å². The molecule has 0 atom stereocenters. The maximum atomic E-state index is 12.9. The molecule has 174 valence electrons. The monoisotopic (exact) mass is 474 g/mol. The molecule has 0 fully saturated rings. The lowest BCUT2D eigenvalue weighted by Crippen LogP contribution is -2.32. The Labute approximate surface area is 204 Å². The first-order valence-electron chi connectivity index (χ1n) is 11.0. The minimum atomic E-state index is -0.540. The summed E-state index contributed by atoms with van der Waals surface area (Å²) >= 11 is 5.89. The van der Waals surface area contributed by atoms with Crippen LogP contribution in [0.3, 0.4) is 0 Å². The van der Waals surface area contributed by atoms with Gasteiger partial charge in [0.25, 0.3) is 11.8 Å². The van der Waals surface area contributed by atoms with E-state index in [1.807, 2.05) is 30.3 Å². The zero-order chi connectivity index (χ0) is 24.3. The normalized spacial score (nSPS) is 11.3. The Kier molecular flexibility index (Phi) is 9.00. The third-order valence-corrected chi connectivity index (χ3v) is 5.36. The molecule has 3 rings (SSSR count). The number of nitrogens with one attached hydrogen (secondary N) is 2. The second-order valence-electron chi connectivity index (χ2n) is 7.39. The van der Waals surface area contributed by atoms with E-state index < -0.39 is 5.91 Å². The molecule has 3 aromatic rings. The predicted octanol–water partition coefficient (Wildman–Crippen LogP) is 5.11. The van der Waals surface area contributed by atoms with E-state index in [1.54, 1.807) is 54.6 Å². The molecule has 0 aliphatic rings. The van der Waals surface area contributed by atoms with Crippen LogP contribution >= 0.6 is 11.6 Å². The van der Waals surface area contributed by atoms with Gasteiger partial charge in [0.15, 0.2) is 0 Å². The van der Waals surface area contributed by atoms with Gasteiger partial charge in [-0.25, -0.2) is 5.43 Å². The van der Waals surface area contributed by atoms with Gasteiger partial charge < -0.3 is 10.2 Å². The fourth-order valence-corrected chi connectivity index (χ4v) is 3.38. The van der Waals surface area contributed by atoms with Crippen molar-refractivity contribution in [1.82, 2.24) is 10.7 Å². The fourth-order valence-electron chi connectivity index (χ4n) is 3.25. The van der Waals surface area contributed by atoms with Crippen LogP contribution in [0.25, 0.3) is 6.08 Å². The number of benzene rings is 3. The van der Waals surface area contributed by atoms with Gasteiger partial charge in [0.1, 0.15) is 5.70 Å². The molecule has 0 saturated carbocycles. The van der Waals surface area contributed by atoms with Gasteiger partial charge in [0.2, 0.25) is 0 Å². The van der Waals surface area contributed by atoms with Crippen LogP contribution < -0.4 is 15.6 Å². The van der Waals surface area contributed by atoms with Crippen molar-refractivity contribution >= 4 is 41.4 Å². The maximum Gasteiger partial charge on any atom is 0.287 e. The SMILES string of the molecule is CCN(CC)c1ccc(C=C(NC(=O)c2ccccc2)C(=O)NN=Cc2ccc(Cl)cc2)cc1. The number of carbonyl (C=O) groups excluding carboxylic acids is 2. The van der Waals surface area contributed by atoms with Gasteiger partial charge in [-0.3, -0.25) is 9.59 Å². The smallest absolute Gasteiger partial charge is 0.287 e. The third kappa shape index (κ3) is 7.05. The number of halogens is 1. The summed E-state index contributed by atoms with van der Waals surface area (Å²) in [4.78, 5) is 27.8. The van der Waals surface area contributed by atoms with Gasteiger partial charge in [-0.15, -0.1) is 0 Å². The molecule has 0 radical (unpaired) electrons. The van der Waals surface area contributed by atoms with Crippen molar-refractivity contribution in [1.29, 1.82) is 0 Å². The summed E-state index contributed by atoms with van der Waals surface area (Å²) in [5, 5.41) is 7.33. The lowest BCUT2D eigenvalue weighted by atomic mass is 10.1. The Morgan fingerprint density at radius 2 is 1.50 bits per heavy atom. The van der Waals surface area contributed by atoms with E-state index in [2.05, 4.69) is 34.6 Å². The quantitative estimate of drug-likeness (QED) is 0.257. The highest BCUT2D eigenvalue weighted by Gasteiger charge is 2.14. The Bertz CT molecular complexity index is 1150. The molecule has 0 bridgehead atoms. The van der Waals surface area contributed by atoms with Crippen molar-refractivity contribution < 1.29 is 9.59 Å². The molecule has 0 aliphatic heterocycles. The molecule has 3 aromatic carbocycles. The summed E-state index contributed by atoms with van der Waals surface area (Å²) in [6.07, 6.45) is 3.13. The van der Waals surface area contributed by atoms with E-state index in [4.69, 9.17) is 11.6 Å². The van der Waals surface area contributed by atoms with Crippen LogP contribution in [0.5, 0.6) is 0 Å². The second kappa shape index (κ2) is 12.4. The van der Waals surface area contributed by atoms with Crippen LogP contribution in [-0.4, -0.2) is 31.1 Å². The van der Waals surface area contributed by atoms with E-state index >= 15 is 0 Å². The van der Waals surface area contributed by atoms with E-state index in [0.29, 0.717) is 10.6 Å². The molecule has 0 heterocycles. The molecule has 7 heteroatoms. The molecular formula is C27H27ClN4O2. The Balaban J connectivity index is 1.81. The Morgan fingerprint density at radius 1 is 0.882 bits per heavy atom. The lowest BCUT2D eigenvalue weighted by Gasteiger charge is -2.20. The van der Waals surface area contributed by atoms with Gasteiger partial charge in [-0.2, -0.15) is 5.10 Å². The standard InChI is InChI=1S/C27H27ClN4O2/c1-3-32(4-2)24-16-12-20(13-17-24)18-25(30-26(33)22-8-6-5-7-9-22)27(34)31-29-19-21-10-14-23(28)15-11-21/h5-19H,3-4H2,1-2H3,(H,30,33)(H,31,34). The number of carbonyl (C=O) groups is 2. The number of anilines is 1. The number of nitrogens with zero attached hydrogens (tertiary/aromatic N) is 2. The largest absolute Gasteiger partial charge is 0.372 e. The number of hydrazone groups is 1. The first-order chi connectivity index (χ1) is 16.5. The number of hydrogen-bond acceptors (Lipinski definition) is 4. The molecule has 0 spiro atoms. The minimum Gasteiger partial charge on any atom is -0.372 e. The van der Waals surface area contributed by atoms with Crippen LogP contribution in [0.1, 0.15) is 35.3 Å². The van der Waals surface area contributed by atoms with Crippen molar-refractivity contribution in [3.8, 4) is 0 Å². The predicted molar refractivity (Wildman–Crippen MR) is 139 cm³/mol. The van der Waals surface area contributed by atoms with Gasteiger partial charge in [0.05, 0.1) is 6.21 Å². The van der Waals surface area contributed by atoms with Crippen LogP contribution in [0, 0.1) is 0 Å². The van der Waals surface area contributed by atoms with Crippen LogP contribution in [0.4, 0.5) is 5.69 Å². The van der Waals surface area contributed by atoms with E-state index in [1.165, 1.54) is 6.21 Å². The first kappa shape index (κ1) is 24.7. The lowest BCUT2D eigenvalue weighted by molar-refractivity contribution is -0.117. The van der Waals surface area contributed by atoms with Crippen LogP contribution in [-0.2, 0) is 4.79 Å². The summed E-state index contributed by atoms with van der Waals surface area (Å²) in [7, 11) is 0. The average molecular weight is 475 g/mol. The average Bonchev–Trinajstić information content (AvgIpc) is 2.87. The molecule has 0 unspecified atom stereocenters. The zero-order valence-corrected chi connectivity index (χ0v) is 19.9. The molecule has 2 N–H and O–H groups in total. The molecular weight excluding hydrogens is 448 g/mol. The van der Waals surface area contributed by atoms with E-state index in [-0.39, 0.29) is 11.6 Å². The first-order valence-corrected chi connectivity index (χ1v) is 11.4. The molecule has 0 saturated heterocycles. The van der Waals surface area contributed by atoms with E-state index in [0.717, 1.165) is 29.9 Å². The molecule has 0 aliphatic carbocycles. The summed E-state index contributed by atoms with van der Waals surface area (Å²) < 4.78 is 0. The fraction of sp³-hybridized carbons (Fsp3) is 0.148. The van der Waals surface area contributed by atoms with Crippen molar-refractivity contribution in [2.24, 2.45) is 5.10 Å². The van der Waals surface area contributed by atoms with Crippen LogP contribution in [0.15, 0.2) is 89.7 Å². The highest BCUT2D eigenvalue weighted by molar-refractivity contribution is 6.30. The highest BCUT2D eigenvalue weighted by Crippen LogP contribution is 2.17. The van der Waals surface area contributed by atoms with Crippen molar-refractivity contribution in [2.75, 3.05) is 18.0 Å². The molecule has 34 heavy (non-hydrogen) atoms. The maximum absolute atomic E-state index is 12.9. The molecule has 6 nitrogen and oxygen atoms in total. The van der Waals surface area contributed by atoms with Gasteiger partial charge >= 0.3 is 0 Å². The van der Waals surface area contributed by atoms with Gasteiger partial charge in [-0.1, -0.05) is 54.1 Å². The Hall–Kier alpha value is -3.90. The van der Waals surface area contributed by atoms with Gasteiger partial charge in [-0.05, 0) is 67.4 Å². The van der Waals surface area contributed by atoms with Crippen molar-refractivity contribution in [3.05, 3.63) is 106 Å². The van der Waals surface area contributed by atoms with Gasteiger partial charge in [0, 0.05) is 29.4 Å². The topological polar surface area (TPSA) is 73.8 Å². The molecule has 0 aromatic heterocycles. The summed E-state index contributed by atoms with van der Waals surface area (Å²) in [5.74, 6) is -0.925. The van der Waals surface area contributed by atoms with Crippen LogP contribution in [0.2, 0.25) is 5.02 Å². The summed E-state index contributed by atoms with van der Waals surface area (Å²) in [6, 6.07) is 23.6. The van der Waals surface area contributed by atoms with E-state index in [9.17, 15) is 9.59 Å². The number of amides is 2. The highest BCUT2D eigenvalue weighted by atomic mass is 35.5. The zero-order valence-electron chi connectivity index (χ0n) is 19.2. The number of rotatable bonds is 9. The second-order valence-corrected chi connectivity index (χ2v) is 7.83. The van der Waals surface area contributed by atoms with Crippen molar-refractivity contribution in [3.63, 3.8) is 0 Å². The minimum absolute atomic E-state index is 0.0812. The summed E-state index contributed by atoms with van der Waals surface area (Å²) in [6.45, 7) is 6.00. The summed E-state index contributed by atoms with van der Waals surface area (Å²) in [5.41, 5.74) is 5.64.